The van der Waals surface area contributed by atoms with Gasteiger partial charge in [-0.3, -0.25) is 0 Å². The van der Waals surface area contributed by atoms with Crippen LogP contribution in [0.1, 0.15) is 225 Å². The summed E-state index contributed by atoms with van der Waals surface area (Å²) in [5, 5.41) is 16.7. The minimum Gasteiger partial charge on any atom is -0.355 e. The molecule has 0 heterocycles. The molecule has 6 aromatic carbocycles. The zero-order chi connectivity index (χ0) is 40.7. The molecule has 0 bridgehead atoms. The zero-order valence-corrected chi connectivity index (χ0v) is 37.5. The first-order valence-electron chi connectivity index (χ1n) is 25.0. The Bertz CT molecular complexity index is 2180. The van der Waals surface area contributed by atoms with Crippen LogP contribution in [0.2, 0.25) is 0 Å². The van der Waals surface area contributed by atoms with Crippen LogP contribution in [0, 0.1) is 0 Å². The van der Waals surface area contributed by atoms with Crippen LogP contribution in [0.3, 0.4) is 0 Å². The topological polar surface area (TPSA) is 24.1 Å². The fourth-order valence-corrected chi connectivity index (χ4v) is 12.7. The van der Waals surface area contributed by atoms with E-state index < -0.39 is 0 Å². The Morgan fingerprint density at radius 1 is 0.350 bits per heavy atom. The highest BCUT2D eigenvalue weighted by Gasteiger charge is 2.25. The molecule has 0 radical (unpaired) electrons. The molecule has 4 fully saturated rings. The van der Waals surface area contributed by atoms with E-state index >= 15 is 0 Å². The third kappa shape index (κ3) is 7.95. The monoisotopic (exact) mass is 797 g/mol. The second-order valence-corrected chi connectivity index (χ2v) is 20.8. The van der Waals surface area contributed by atoms with Crippen molar-refractivity contribution in [2.24, 2.45) is 0 Å². The third-order valence-corrected chi connectivity index (χ3v) is 16.0. The third-order valence-electron chi connectivity index (χ3n) is 16.0. The number of hydrogen-bond donors (Lipinski definition) is 2. The van der Waals surface area contributed by atoms with Crippen LogP contribution in [-0.4, -0.2) is 0 Å². The molecular formula is C58H72N2. The van der Waals surface area contributed by atoms with Gasteiger partial charge in [-0.25, -0.2) is 0 Å². The van der Waals surface area contributed by atoms with Crippen LogP contribution in [-0.2, 0) is 0 Å². The van der Waals surface area contributed by atoms with Crippen molar-refractivity contribution in [3.05, 3.63) is 106 Å². The highest BCUT2D eigenvalue weighted by atomic mass is 14.9. The molecule has 2 heteroatoms. The lowest BCUT2D eigenvalue weighted by Crippen LogP contribution is -2.09. The van der Waals surface area contributed by atoms with Gasteiger partial charge in [0, 0.05) is 33.5 Å². The van der Waals surface area contributed by atoms with Crippen molar-refractivity contribution in [1.29, 1.82) is 0 Å². The number of nitrogens with one attached hydrogen (secondary N) is 2. The van der Waals surface area contributed by atoms with Gasteiger partial charge in [-0.2, -0.15) is 0 Å². The maximum atomic E-state index is 4.16. The van der Waals surface area contributed by atoms with E-state index in [1.54, 1.807) is 22.3 Å². The van der Waals surface area contributed by atoms with Crippen LogP contribution in [0.4, 0.5) is 22.7 Å². The van der Waals surface area contributed by atoms with Gasteiger partial charge in [0.05, 0.1) is 0 Å². The van der Waals surface area contributed by atoms with Gasteiger partial charge >= 0.3 is 0 Å². The van der Waals surface area contributed by atoms with Crippen molar-refractivity contribution in [1.82, 2.24) is 0 Å². The molecule has 60 heavy (non-hydrogen) atoms. The van der Waals surface area contributed by atoms with E-state index in [2.05, 4.69) is 111 Å². The molecule has 6 aromatic rings. The van der Waals surface area contributed by atoms with Crippen LogP contribution in [0.5, 0.6) is 0 Å². The fourth-order valence-electron chi connectivity index (χ4n) is 12.7. The van der Waals surface area contributed by atoms with Gasteiger partial charge < -0.3 is 10.6 Å². The summed E-state index contributed by atoms with van der Waals surface area (Å²) in [5.41, 5.74) is 14.3. The van der Waals surface area contributed by atoms with E-state index in [9.17, 15) is 0 Å². The van der Waals surface area contributed by atoms with E-state index in [1.165, 1.54) is 195 Å². The first-order chi connectivity index (χ1) is 29.4. The highest BCUT2D eigenvalue weighted by Crippen LogP contribution is 2.48. The molecular weight excluding hydrogens is 725 g/mol. The van der Waals surface area contributed by atoms with Crippen molar-refractivity contribution in [2.75, 3.05) is 10.6 Å². The lowest BCUT2D eigenvalue weighted by molar-refractivity contribution is 0.435. The van der Waals surface area contributed by atoms with Crippen molar-refractivity contribution in [3.63, 3.8) is 0 Å². The Hall–Kier alpha value is -4.04. The van der Waals surface area contributed by atoms with Crippen LogP contribution in [0.15, 0.2) is 72.8 Å². The van der Waals surface area contributed by atoms with Gasteiger partial charge in [-0.1, -0.05) is 141 Å². The summed E-state index contributed by atoms with van der Waals surface area (Å²) in [7, 11) is 0. The minimum absolute atomic E-state index is 0.407. The first-order valence-corrected chi connectivity index (χ1v) is 25.0. The van der Waals surface area contributed by atoms with E-state index in [4.69, 9.17) is 0 Å². The van der Waals surface area contributed by atoms with Crippen LogP contribution >= 0.6 is 0 Å². The van der Waals surface area contributed by atoms with Crippen molar-refractivity contribution in [3.8, 4) is 0 Å². The zero-order valence-electron chi connectivity index (χ0n) is 37.5. The molecule has 0 aromatic heterocycles. The SMILES string of the molecule is CC(C)c1cc(Nc2cc(C3CCCCC3)cc(C3CCCCC3)c2)c2ccc3c(C(C)C)cc(Nc4cc(C5CCCCC5)cc(C5CCCCC5)c4)c4ccc1c2c43. The largest absolute Gasteiger partial charge is 0.355 e. The number of benzene rings is 6. The smallest absolute Gasteiger partial charge is 0.0467 e. The molecule has 0 atom stereocenters. The minimum atomic E-state index is 0.407. The number of hydrogen-bond acceptors (Lipinski definition) is 2. The van der Waals surface area contributed by atoms with Crippen molar-refractivity contribution in [2.45, 2.75) is 192 Å². The summed E-state index contributed by atoms with van der Waals surface area (Å²) in [4.78, 5) is 0. The maximum Gasteiger partial charge on any atom is 0.0467 e. The summed E-state index contributed by atoms with van der Waals surface area (Å²) in [5.74, 6) is 3.58. The predicted molar refractivity (Wildman–Crippen MR) is 261 cm³/mol. The van der Waals surface area contributed by atoms with E-state index in [0.717, 1.165) is 0 Å². The Morgan fingerprint density at radius 2 is 0.633 bits per heavy atom. The average Bonchev–Trinajstić information content (AvgIpc) is 3.29. The van der Waals surface area contributed by atoms with Gasteiger partial charge in [-0.15, -0.1) is 0 Å². The first kappa shape index (κ1) is 40.1. The molecule has 314 valence electrons. The quantitative estimate of drug-likeness (QED) is 0.135. The summed E-state index contributed by atoms with van der Waals surface area (Å²) < 4.78 is 0. The second-order valence-electron chi connectivity index (χ2n) is 20.8. The summed E-state index contributed by atoms with van der Waals surface area (Å²) >= 11 is 0. The molecule has 4 aliphatic rings. The molecule has 0 spiro atoms. The summed E-state index contributed by atoms with van der Waals surface area (Å²) in [6.07, 6.45) is 27.3. The lowest BCUT2D eigenvalue weighted by Gasteiger charge is -2.28. The Labute approximate surface area is 362 Å². The molecule has 4 saturated carbocycles. The standard InChI is InChI=1S/C58H72N2/c1-37(2)53-35-55(59-47-31-43(39-17-9-5-10-18-39)29-44(32-47)40-19-11-6-12-20-40)51-28-26-50-54(38(3)4)36-56(52-27-25-49(53)57(51)58(50)52)60-48-33-45(41-21-13-7-14-22-41)30-46(34-48)42-23-15-8-16-24-42/h25-42,59-60H,5-24H2,1-4H3. The fraction of sp³-hybridized carbons (Fsp3) is 0.517. The van der Waals surface area contributed by atoms with Gasteiger partial charge in [0.15, 0.2) is 0 Å². The van der Waals surface area contributed by atoms with E-state index in [-0.39, 0.29) is 0 Å². The molecule has 0 aliphatic heterocycles. The van der Waals surface area contributed by atoms with Crippen molar-refractivity contribution < 1.29 is 0 Å². The summed E-state index contributed by atoms with van der Waals surface area (Å²) in [6.45, 7) is 9.54. The van der Waals surface area contributed by atoms with Gasteiger partial charge in [0.2, 0.25) is 0 Å². The van der Waals surface area contributed by atoms with Gasteiger partial charge in [0.25, 0.3) is 0 Å². The van der Waals surface area contributed by atoms with Crippen molar-refractivity contribution >= 4 is 55.1 Å². The van der Waals surface area contributed by atoms with Gasteiger partial charge in [0.1, 0.15) is 0 Å². The second kappa shape index (κ2) is 17.4. The van der Waals surface area contributed by atoms with Crippen LogP contribution < -0.4 is 10.6 Å². The van der Waals surface area contributed by atoms with E-state index in [1.807, 2.05) is 0 Å². The Morgan fingerprint density at radius 3 is 0.917 bits per heavy atom. The molecule has 0 unspecified atom stereocenters. The lowest BCUT2D eigenvalue weighted by atomic mass is 9.79. The van der Waals surface area contributed by atoms with Crippen LogP contribution in [0.25, 0.3) is 32.3 Å². The predicted octanol–water partition coefficient (Wildman–Crippen LogP) is 18.5. The average molecular weight is 797 g/mol. The highest BCUT2D eigenvalue weighted by molar-refractivity contribution is 6.28. The summed E-state index contributed by atoms with van der Waals surface area (Å²) in [6, 6.07) is 30.2. The maximum absolute atomic E-state index is 4.16. The Balaban J connectivity index is 1.11. The molecule has 0 saturated heterocycles. The normalized spacial score (nSPS) is 19.4. The number of rotatable bonds is 10. The molecule has 0 amide bonds. The molecule has 10 rings (SSSR count). The molecule has 2 N–H and O–H groups in total. The molecule has 2 nitrogen and oxygen atoms in total. The molecule has 4 aliphatic carbocycles. The number of anilines is 4. The Kier molecular flexibility index (Phi) is 11.6. The van der Waals surface area contributed by atoms with E-state index in [0.29, 0.717) is 35.5 Å². The van der Waals surface area contributed by atoms with Gasteiger partial charge in [-0.05, 0) is 178 Å².